The minimum atomic E-state index is 0.266. The Morgan fingerprint density at radius 2 is 2.14 bits per heavy atom. The molecule has 2 nitrogen and oxygen atoms in total. The van der Waals surface area contributed by atoms with E-state index in [4.69, 9.17) is 0 Å². The summed E-state index contributed by atoms with van der Waals surface area (Å²) in [5.41, 5.74) is 3.84. The summed E-state index contributed by atoms with van der Waals surface area (Å²) in [7, 11) is 0. The van der Waals surface area contributed by atoms with Gasteiger partial charge in [-0.25, -0.2) is 0 Å². The third-order valence-corrected chi connectivity index (χ3v) is 4.69. The average Bonchev–Trinajstić information content (AvgIpc) is 2.80. The third kappa shape index (κ3) is 4.32. The first-order valence-corrected chi connectivity index (χ1v) is 8.99. The van der Waals surface area contributed by atoms with E-state index in [1.165, 1.54) is 17.5 Å². The second-order valence-corrected chi connectivity index (χ2v) is 7.73. The minimum absolute atomic E-state index is 0.266. The van der Waals surface area contributed by atoms with Gasteiger partial charge in [0.1, 0.15) is 0 Å². The molecule has 1 amide bonds. The number of nitrogens with zero attached hydrogens (tertiary/aromatic N) is 1. The number of alkyl halides is 1. The van der Waals surface area contributed by atoms with Crippen molar-refractivity contribution in [2.45, 2.75) is 57.7 Å². The van der Waals surface area contributed by atoms with Gasteiger partial charge in [-0.15, -0.1) is 0 Å². The van der Waals surface area contributed by atoms with Crippen molar-refractivity contribution in [3.8, 4) is 0 Å². The smallest absolute Gasteiger partial charge is 0.226 e. The number of hydrogen-bond donors (Lipinski definition) is 0. The zero-order valence-electron chi connectivity index (χ0n) is 13.4. The van der Waals surface area contributed by atoms with Gasteiger partial charge in [-0.1, -0.05) is 48.8 Å². The van der Waals surface area contributed by atoms with Crippen molar-refractivity contribution in [2.24, 2.45) is 5.92 Å². The normalized spacial score (nSPS) is 15.4. The number of rotatable bonds is 6. The van der Waals surface area contributed by atoms with Crippen LogP contribution in [-0.2, 0) is 17.6 Å². The van der Waals surface area contributed by atoms with E-state index in [1.807, 2.05) is 4.90 Å². The molecule has 1 aliphatic heterocycles. The van der Waals surface area contributed by atoms with Crippen LogP contribution in [0.25, 0.3) is 0 Å². The van der Waals surface area contributed by atoms with Gasteiger partial charge in [-0.05, 0) is 48.8 Å². The molecular formula is C18H26BrNO. The van der Waals surface area contributed by atoms with Crippen molar-refractivity contribution in [1.29, 1.82) is 0 Å². The monoisotopic (exact) mass is 351 g/mol. The Morgan fingerprint density at radius 1 is 1.38 bits per heavy atom. The van der Waals surface area contributed by atoms with Crippen molar-refractivity contribution < 1.29 is 4.79 Å². The second-order valence-electron chi connectivity index (χ2n) is 6.44. The number of halogens is 1. The maximum Gasteiger partial charge on any atom is 0.226 e. The summed E-state index contributed by atoms with van der Waals surface area (Å²) in [5, 5.41) is 0. The number of benzene rings is 1. The Balaban J connectivity index is 2.06. The first-order valence-electron chi connectivity index (χ1n) is 8.07. The number of anilines is 1. The summed E-state index contributed by atoms with van der Waals surface area (Å²) in [6.07, 6.45) is 4.82. The average molecular weight is 352 g/mol. The van der Waals surface area contributed by atoms with Crippen LogP contribution in [-0.4, -0.2) is 17.3 Å². The molecule has 116 valence electrons. The van der Waals surface area contributed by atoms with E-state index in [0.29, 0.717) is 17.2 Å². The van der Waals surface area contributed by atoms with Crippen molar-refractivity contribution in [3.05, 3.63) is 29.3 Å². The van der Waals surface area contributed by atoms with Crippen molar-refractivity contribution in [2.75, 3.05) is 11.4 Å². The van der Waals surface area contributed by atoms with Gasteiger partial charge < -0.3 is 4.90 Å². The van der Waals surface area contributed by atoms with Gasteiger partial charge >= 0.3 is 0 Å². The lowest BCUT2D eigenvalue weighted by Gasteiger charge is -2.18. The van der Waals surface area contributed by atoms with E-state index in [9.17, 15) is 4.79 Å². The molecule has 0 radical (unpaired) electrons. The summed E-state index contributed by atoms with van der Waals surface area (Å²) in [6.45, 7) is 7.42. The lowest BCUT2D eigenvalue weighted by Crippen LogP contribution is -2.28. The number of fused-ring (bicyclic) bond motifs is 1. The van der Waals surface area contributed by atoms with Crippen LogP contribution in [0.4, 0.5) is 5.69 Å². The molecule has 0 aliphatic carbocycles. The third-order valence-electron chi connectivity index (χ3n) is 3.99. The summed E-state index contributed by atoms with van der Waals surface area (Å²) in [4.78, 5) is 14.6. The van der Waals surface area contributed by atoms with Gasteiger partial charge in [0.05, 0.1) is 0 Å². The van der Waals surface area contributed by atoms with Crippen LogP contribution < -0.4 is 4.90 Å². The lowest BCUT2D eigenvalue weighted by molar-refractivity contribution is -0.118. The van der Waals surface area contributed by atoms with Gasteiger partial charge in [-0.3, -0.25) is 4.79 Å². The Labute approximate surface area is 137 Å². The minimum Gasteiger partial charge on any atom is -0.312 e. The van der Waals surface area contributed by atoms with Crippen molar-refractivity contribution in [1.82, 2.24) is 0 Å². The molecule has 0 aromatic heterocycles. The Bertz CT molecular complexity index is 498. The first kappa shape index (κ1) is 16.5. The van der Waals surface area contributed by atoms with Crippen LogP contribution in [0.3, 0.4) is 0 Å². The van der Waals surface area contributed by atoms with Crippen LogP contribution in [0.1, 0.15) is 51.2 Å². The molecule has 0 fully saturated rings. The van der Waals surface area contributed by atoms with Gasteiger partial charge in [0.2, 0.25) is 5.91 Å². The van der Waals surface area contributed by atoms with Gasteiger partial charge in [0, 0.05) is 23.5 Å². The standard InChI is InChI=1S/C18H26BrNO/c1-4-5-18(21)20-9-8-15-11-14(6-7-17(15)20)12-16(19)10-13(2)3/h6-7,11,13,16H,4-5,8-10,12H2,1-3H3. The molecule has 0 bridgehead atoms. The molecule has 1 aromatic carbocycles. The van der Waals surface area contributed by atoms with Crippen LogP contribution >= 0.6 is 15.9 Å². The summed E-state index contributed by atoms with van der Waals surface area (Å²) >= 11 is 3.79. The molecule has 21 heavy (non-hydrogen) atoms. The van der Waals surface area contributed by atoms with E-state index < -0.39 is 0 Å². The number of amides is 1. The van der Waals surface area contributed by atoms with Gasteiger partial charge in [0.15, 0.2) is 0 Å². The maximum atomic E-state index is 12.1. The molecule has 1 unspecified atom stereocenters. The zero-order chi connectivity index (χ0) is 15.4. The zero-order valence-corrected chi connectivity index (χ0v) is 14.9. The summed E-state index contributed by atoms with van der Waals surface area (Å²) in [6, 6.07) is 6.62. The molecule has 2 rings (SSSR count). The van der Waals surface area contributed by atoms with Crippen LogP contribution in [0, 0.1) is 5.92 Å². The molecule has 0 N–H and O–H groups in total. The summed E-state index contributed by atoms with van der Waals surface area (Å²) < 4.78 is 0. The van der Waals surface area contributed by atoms with E-state index in [-0.39, 0.29) is 5.91 Å². The molecule has 0 saturated heterocycles. The summed E-state index contributed by atoms with van der Waals surface area (Å²) in [5.74, 6) is 0.980. The molecule has 1 aromatic rings. The molecule has 1 aliphatic rings. The fourth-order valence-corrected chi connectivity index (χ4v) is 4.16. The molecule has 0 saturated carbocycles. The Hall–Kier alpha value is -0.830. The van der Waals surface area contributed by atoms with Crippen molar-refractivity contribution in [3.63, 3.8) is 0 Å². The van der Waals surface area contributed by atoms with Crippen LogP contribution in [0.15, 0.2) is 18.2 Å². The fourth-order valence-electron chi connectivity index (χ4n) is 3.04. The van der Waals surface area contributed by atoms with Crippen molar-refractivity contribution >= 4 is 27.5 Å². The lowest BCUT2D eigenvalue weighted by atomic mass is 10.00. The predicted molar refractivity (Wildman–Crippen MR) is 93.3 cm³/mol. The molecule has 1 heterocycles. The second kappa shape index (κ2) is 7.44. The molecule has 1 atom stereocenters. The quantitative estimate of drug-likeness (QED) is 0.678. The van der Waals surface area contributed by atoms with Crippen LogP contribution in [0.2, 0.25) is 0 Å². The number of carbonyl (C=O) groups excluding carboxylic acids is 1. The highest BCUT2D eigenvalue weighted by atomic mass is 79.9. The molecule has 0 spiro atoms. The van der Waals surface area contributed by atoms with Crippen LogP contribution in [0.5, 0.6) is 0 Å². The topological polar surface area (TPSA) is 20.3 Å². The van der Waals surface area contributed by atoms with Gasteiger partial charge in [-0.2, -0.15) is 0 Å². The SMILES string of the molecule is CCCC(=O)N1CCc2cc(CC(Br)CC(C)C)ccc21. The fraction of sp³-hybridized carbons (Fsp3) is 0.611. The highest BCUT2D eigenvalue weighted by Gasteiger charge is 2.24. The molecule has 3 heteroatoms. The highest BCUT2D eigenvalue weighted by molar-refractivity contribution is 9.09. The Kier molecular flexibility index (Phi) is 5.86. The van der Waals surface area contributed by atoms with E-state index >= 15 is 0 Å². The number of hydrogen-bond acceptors (Lipinski definition) is 1. The highest BCUT2D eigenvalue weighted by Crippen LogP contribution is 2.30. The first-order chi connectivity index (χ1) is 10.0. The number of carbonyl (C=O) groups is 1. The van der Waals surface area contributed by atoms with E-state index in [2.05, 4.69) is 54.9 Å². The van der Waals surface area contributed by atoms with E-state index in [0.717, 1.165) is 31.5 Å². The molecular weight excluding hydrogens is 326 g/mol. The van der Waals surface area contributed by atoms with E-state index in [1.54, 1.807) is 0 Å². The predicted octanol–water partition coefficient (Wildman–Crippen LogP) is 4.73. The Morgan fingerprint density at radius 3 is 2.81 bits per heavy atom. The van der Waals surface area contributed by atoms with Gasteiger partial charge in [0.25, 0.3) is 0 Å². The largest absolute Gasteiger partial charge is 0.312 e. The maximum absolute atomic E-state index is 12.1.